The van der Waals surface area contributed by atoms with E-state index < -0.39 is 0 Å². The summed E-state index contributed by atoms with van der Waals surface area (Å²) in [5, 5.41) is 4.94. The van der Waals surface area contributed by atoms with Gasteiger partial charge in [0, 0.05) is 18.3 Å². The number of hydrogen-bond acceptors (Lipinski definition) is 3. The minimum atomic E-state index is 0.569. The van der Waals surface area contributed by atoms with Gasteiger partial charge >= 0.3 is 0 Å². The van der Waals surface area contributed by atoms with Gasteiger partial charge in [-0.3, -0.25) is 4.99 Å². The van der Waals surface area contributed by atoms with Crippen molar-refractivity contribution < 1.29 is 0 Å². The smallest absolute Gasteiger partial charge is 0.156 e. The third-order valence-electron chi connectivity index (χ3n) is 4.61. The van der Waals surface area contributed by atoms with E-state index in [0.717, 1.165) is 6.54 Å². The molecule has 1 fully saturated rings. The number of amidine groups is 1. The molecule has 1 atom stereocenters. The summed E-state index contributed by atoms with van der Waals surface area (Å²) in [5.41, 5.74) is 0.569. The summed E-state index contributed by atoms with van der Waals surface area (Å²) in [7, 11) is 0. The molecule has 0 aromatic heterocycles. The first-order chi connectivity index (χ1) is 9.28. The SMILES string of the molecule is CCCCC(CCC)NC1=NCC2(CCCC2)CS1. The highest BCUT2D eigenvalue weighted by atomic mass is 32.2. The molecule has 110 valence electrons. The first-order valence-electron chi connectivity index (χ1n) is 8.22. The molecule has 1 heterocycles. The lowest BCUT2D eigenvalue weighted by Gasteiger charge is -2.32. The van der Waals surface area contributed by atoms with Crippen LogP contribution in [0, 0.1) is 5.41 Å². The Balaban J connectivity index is 1.82. The molecule has 0 saturated heterocycles. The van der Waals surface area contributed by atoms with Crippen molar-refractivity contribution in [1.29, 1.82) is 0 Å². The van der Waals surface area contributed by atoms with E-state index >= 15 is 0 Å². The number of hydrogen-bond donors (Lipinski definition) is 1. The predicted octanol–water partition coefficient (Wildman–Crippen LogP) is 4.60. The zero-order valence-corrected chi connectivity index (χ0v) is 13.5. The monoisotopic (exact) mass is 282 g/mol. The van der Waals surface area contributed by atoms with Gasteiger partial charge in [-0.25, -0.2) is 0 Å². The van der Waals surface area contributed by atoms with Gasteiger partial charge in [-0.2, -0.15) is 0 Å². The second kappa shape index (κ2) is 7.56. The van der Waals surface area contributed by atoms with Gasteiger partial charge in [0.25, 0.3) is 0 Å². The Bertz CT molecular complexity index is 295. The highest BCUT2D eigenvalue weighted by molar-refractivity contribution is 8.13. The van der Waals surface area contributed by atoms with E-state index in [1.807, 2.05) is 11.8 Å². The second-order valence-corrected chi connectivity index (χ2v) is 7.35. The zero-order valence-electron chi connectivity index (χ0n) is 12.7. The fourth-order valence-electron chi connectivity index (χ4n) is 3.33. The van der Waals surface area contributed by atoms with Crippen LogP contribution in [0.2, 0.25) is 0 Å². The third kappa shape index (κ3) is 4.40. The van der Waals surface area contributed by atoms with Crippen molar-refractivity contribution in [2.24, 2.45) is 10.4 Å². The highest BCUT2D eigenvalue weighted by Crippen LogP contribution is 2.43. The largest absolute Gasteiger partial charge is 0.362 e. The molecule has 0 radical (unpaired) electrons. The molecule has 0 amide bonds. The van der Waals surface area contributed by atoms with E-state index in [2.05, 4.69) is 19.2 Å². The molecule has 1 saturated carbocycles. The molecule has 0 aromatic rings. The highest BCUT2D eigenvalue weighted by Gasteiger charge is 2.36. The number of rotatable bonds is 6. The lowest BCUT2D eigenvalue weighted by Crippen LogP contribution is -2.38. The normalized spacial score (nSPS) is 23.4. The van der Waals surface area contributed by atoms with Crippen molar-refractivity contribution >= 4 is 16.9 Å². The van der Waals surface area contributed by atoms with Crippen LogP contribution < -0.4 is 5.32 Å². The number of unbranched alkanes of at least 4 members (excludes halogenated alkanes) is 1. The lowest BCUT2D eigenvalue weighted by molar-refractivity contribution is 0.357. The van der Waals surface area contributed by atoms with Crippen molar-refractivity contribution in [3.8, 4) is 0 Å². The van der Waals surface area contributed by atoms with Crippen LogP contribution in [0.25, 0.3) is 0 Å². The molecule has 0 bridgehead atoms. The minimum Gasteiger partial charge on any atom is -0.362 e. The summed E-state index contributed by atoms with van der Waals surface area (Å²) in [4.78, 5) is 4.86. The number of aliphatic imine (C=N–C) groups is 1. The second-order valence-electron chi connectivity index (χ2n) is 6.39. The van der Waals surface area contributed by atoms with E-state index in [9.17, 15) is 0 Å². The molecule has 3 heteroatoms. The predicted molar refractivity (Wildman–Crippen MR) is 87.0 cm³/mol. The maximum atomic E-state index is 4.86. The molecule has 1 aliphatic heterocycles. The van der Waals surface area contributed by atoms with E-state index in [4.69, 9.17) is 4.99 Å². The lowest BCUT2D eigenvalue weighted by atomic mass is 9.89. The Morgan fingerprint density at radius 1 is 1.21 bits per heavy atom. The Kier molecular flexibility index (Phi) is 6.06. The summed E-state index contributed by atoms with van der Waals surface area (Å²) in [5.74, 6) is 1.30. The van der Waals surface area contributed by atoms with Crippen LogP contribution in [0.1, 0.15) is 71.6 Å². The van der Waals surface area contributed by atoms with Gasteiger partial charge in [-0.05, 0) is 31.1 Å². The standard InChI is InChI=1S/C16H30N2S/c1-3-5-9-14(8-4-2)18-15-17-12-16(13-19-15)10-6-7-11-16/h14H,3-13H2,1-2H3,(H,17,18). The minimum absolute atomic E-state index is 0.569. The number of nitrogens with zero attached hydrogens (tertiary/aromatic N) is 1. The maximum absolute atomic E-state index is 4.86. The number of thioether (sulfide) groups is 1. The van der Waals surface area contributed by atoms with Crippen LogP contribution in [-0.2, 0) is 0 Å². The molecular weight excluding hydrogens is 252 g/mol. The van der Waals surface area contributed by atoms with E-state index in [-0.39, 0.29) is 0 Å². The molecule has 2 rings (SSSR count). The van der Waals surface area contributed by atoms with Gasteiger partial charge in [-0.15, -0.1) is 0 Å². The maximum Gasteiger partial charge on any atom is 0.156 e. The Labute approximate surface area is 123 Å². The summed E-state index contributed by atoms with van der Waals surface area (Å²) < 4.78 is 0. The third-order valence-corrected chi connectivity index (χ3v) is 5.89. The molecule has 2 aliphatic rings. The Hall–Kier alpha value is -0.180. The van der Waals surface area contributed by atoms with Crippen molar-refractivity contribution in [2.45, 2.75) is 77.7 Å². The molecule has 2 nitrogen and oxygen atoms in total. The van der Waals surface area contributed by atoms with Crippen LogP contribution in [0.5, 0.6) is 0 Å². The van der Waals surface area contributed by atoms with Crippen molar-refractivity contribution in [2.75, 3.05) is 12.3 Å². The van der Waals surface area contributed by atoms with Gasteiger partial charge in [0.1, 0.15) is 0 Å². The van der Waals surface area contributed by atoms with Crippen molar-refractivity contribution in [3.63, 3.8) is 0 Å². The molecular formula is C16H30N2S. The molecule has 1 spiro atoms. The van der Waals surface area contributed by atoms with Crippen LogP contribution in [0.15, 0.2) is 4.99 Å². The Morgan fingerprint density at radius 2 is 2.00 bits per heavy atom. The van der Waals surface area contributed by atoms with Crippen LogP contribution in [0.4, 0.5) is 0 Å². The van der Waals surface area contributed by atoms with E-state index in [0.29, 0.717) is 11.5 Å². The Morgan fingerprint density at radius 3 is 2.58 bits per heavy atom. The van der Waals surface area contributed by atoms with E-state index in [1.165, 1.54) is 68.7 Å². The molecule has 1 unspecified atom stereocenters. The zero-order chi connectivity index (χ0) is 13.6. The molecule has 0 aromatic carbocycles. The quantitative estimate of drug-likeness (QED) is 0.770. The first kappa shape index (κ1) is 15.2. The average Bonchev–Trinajstić information content (AvgIpc) is 2.88. The summed E-state index contributed by atoms with van der Waals surface area (Å²) in [6.07, 6.45) is 12.1. The van der Waals surface area contributed by atoms with E-state index in [1.54, 1.807) is 0 Å². The first-order valence-corrected chi connectivity index (χ1v) is 9.20. The fraction of sp³-hybridized carbons (Fsp3) is 0.938. The number of nitrogens with one attached hydrogen (secondary N) is 1. The average molecular weight is 282 g/mol. The molecule has 1 aliphatic carbocycles. The summed E-state index contributed by atoms with van der Waals surface area (Å²) >= 11 is 1.99. The summed E-state index contributed by atoms with van der Waals surface area (Å²) in [6.45, 7) is 5.64. The van der Waals surface area contributed by atoms with Crippen LogP contribution in [-0.4, -0.2) is 23.5 Å². The van der Waals surface area contributed by atoms with Crippen LogP contribution >= 0.6 is 11.8 Å². The van der Waals surface area contributed by atoms with Gasteiger partial charge in [0.2, 0.25) is 0 Å². The summed E-state index contributed by atoms with van der Waals surface area (Å²) in [6, 6.07) is 0.647. The van der Waals surface area contributed by atoms with Crippen LogP contribution in [0.3, 0.4) is 0 Å². The molecule has 19 heavy (non-hydrogen) atoms. The van der Waals surface area contributed by atoms with Gasteiger partial charge in [0.15, 0.2) is 5.17 Å². The van der Waals surface area contributed by atoms with Crippen molar-refractivity contribution in [3.05, 3.63) is 0 Å². The molecule has 1 N–H and O–H groups in total. The van der Waals surface area contributed by atoms with Crippen molar-refractivity contribution in [1.82, 2.24) is 5.32 Å². The van der Waals surface area contributed by atoms with Gasteiger partial charge in [0.05, 0.1) is 0 Å². The topological polar surface area (TPSA) is 24.4 Å². The van der Waals surface area contributed by atoms with Gasteiger partial charge < -0.3 is 5.32 Å². The fourth-order valence-corrected chi connectivity index (χ4v) is 4.56. The van der Waals surface area contributed by atoms with Gasteiger partial charge in [-0.1, -0.05) is 57.7 Å².